The Morgan fingerprint density at radius 1 is 0.453 bits per heavy atom. The summed E-state index contributed by atoms with van der Waals surface area (Å²) in [4.78, 5) is 113. The number of aromatic nitrogens is 6. The van der Waals surface area contributed by atoms with Crippen LogP contribution < -0.4 is 39.1 Å². The van der Waals surface area contributed by atoms with Gasteiger partial charge >= 0.3 is 15.6 Å². The van der Waals surface area contributed by atoms with Gasteiger partial charge in [-0.3, -0.25) is 54.6 Å². The molecule has 6 rings (SSSR count). The molecule has 5 N–H and O–H groups in total. The fourth-order valence-corrected chi connectivity index (χ4v) is 17.7. The predicted octanol–water partition coefficient (Wildman–Crippen LogP) is -4.18. The molecule has 0 saturated carbocycles. The van der Waals surface area contributed by atoms with Crippen LogP contribution in [0.2, 0.25) is 0 Å². The summed E-state index contributed by atoms with van der Waals surface area (Å²) >= 11 is 0. The van der Waals surface area contributed by atoms with Crippen molar-refractivity contribution in [3.8, 4) is 0 Å². The zero-order chi connectivity index (χ0) is 71.7. The summed E-state index contributed by atoms with van der Waals surface area (Å²) in [6.07, 6.45) is -12.9. The molecule has 0 aliphatic carbocycles. The molecule has 49 nitrogen and oxygen atoms in total. The molecule has 4 aliphatic heterocycles. The first-order valence-corrected chi connectivity index (χ1v) is 41.2. The van der Waals surface area contributed by atoms with Gasteiger partial charge < -0.3 is 119 Å². The Morgan fingerprint density at radius 3 is 1.21 bits per heavy atom. The first-order chi connectivity index (χ1) is 43.6. The highest BCUT2D eigenvalue weighted by atomic mass is 31.3. The second kappa shape index (κ2) is 34.7. The molecule has 0 aromatic carbocycles. The van der Waals surface area contributed by atoms with E-state index in [1.807, 2.05) is 0 Å². The third-order valence-electron chi connectivity index (χ3n) is 12.9. The van der Waals surface area contributed by atoms with E-state index in [1.54, 1.807) is 6.92 Å². The first kappa shape index (κ1) is 84.9. The van der Waals surface area contributed by atoms with Crippen LogP contribution in [0.1, 0.15) is 57.6 Å². The Balaban J connectivity index is 0.000000344. The molecular formula is C36H64N6O43P10-8. The zero-order valence-electron chi connectivity index (χ0n) is 50.1. The van der Waals surface area contributed by atoms with Crippen molar-refractivity contribution in [2.75, 3.05) is 68.1 Å². The smallest absolute Gasteiger partial charge is 0.472 e. The van der Waals surface area contributed by atoms with Crippen LogP contribution >= 0.6 is 78.2 Å². The molecule has 2 aromatic rings. The van der Waals surface area contributed by atoms with Gasteiger partial charge in [0.15, 0.2) is 0 Å². The maximum atomic E-state index is 12.6. The topological polar surface area (TPSA) is 702 Å². The number of ether oxygens (including phenoxy) is 4. The Labute approximate surface area is 537 Å². The van der Waals surface area contributed by atoms with Gasteiger partial charge in [0, 0.05) is 53.7 Å². The van der Waals surface area contributed by atoms with Gasteiger partial charge in [-0.2, -0.15) is 0 Å². The maximum Gasteiger partial charge on any atom is 0.472 e. The van der Waals surface area contributed by atoms with E-state index in [9.17, 15) is 110 Å². The third-order valence-corrected chi connectivity index (χ3v) is 25.0. The van der Waals surface area contributed by atoms with E-state index in [2.05, 4.69) is 74.1 Å². The largest absolute Gasteiger partial charge is 0.756 e. The summed E-state index contributed by atoms with van der Waals surface area (Å²) in [5.41, 5.74) is 0.390. The van der Waals surface area contributed by atoms with E-state index in [-0.39, 0.29) is 30.7 Å². The van der Waals surface area contributed by atoms with Gasteiger partial charge in [-0.1, -0.05) is 10.4 Å². The second-order valence-electron chi connectivity index (χ2n) is 19.8. The normalized spacial score (nSPS) is 33.6. The molecule has 14 unspecified atom stereocenters. The number of phosphoric acid groups is 10. The number of hydrogen-bond donors (Lipinski definition) is 5. The van der Waals surface area contributed by atoms with Gasteiger partial charge in [-0.05, 0) is 34.1 Å². The molecule has 4 aliphatic rings. The fourth-order valence-electron chi connectivity index (χ4n) is 8.64. The molecule has 4 saturated heterocycles. The highest BCUT2D eigenvalue weighted by molar-refractivity contribution is 7.66. The minimum Gasteiger partial charge on any atom is -0.756 e. The average molecular weight is 1580 g/mol. The number of rotatable bonds is 38. The fraction of sp³-hybridized carbons (Fsp3) is 0.889. The Kier molecular flexibility index (Phi) is 31.0. The van der Waals surface area contributed by atoms with Gasteiger partial charge in [-0.15, -0.1) is 10.2 Å². The van der Waals surface area contributed by atoms with Crippen molar-refractivity contribution in [1.82, 2.24) is 30.0 Å². The quantitative estimate of drug-likeness (QED) is 0.0398. The molecule has 0 spiro atoms. The van der Waals surface area contributed by atoms with Crippen molar-refractivity contribution >= 4 is 78.2 Å². The van der Waals surface area contributed by atoms with Crippen molar-refractivity contribution in [2.45, 2.75) is 138 Å². The lowest BCUT2D eigenvalue weighted by molar-refractivity contribution is -0.255. The van der Waals surface area contributed by atoms with Crippen LogP contribution in [-0.4, -0.2) is 203 Å². The number of phosphoric ester groups is 8. The van der Waals surface area contributed by atoms with E-state index in [4.69, 9.17) is 37.0 Å². The summed E-state index contributed by atoms with van der Waals surface area (Å²) in [6, 6.07) is -1.72. The van der Waals surface area contributed by atoms with Crippen LogP contribution in [0, 0.1) is 0 Å². The van der Waals surface area contributed by atoms with Crippen LogP contribution in [0.25, 0.3) is 0 Å². The van der Waals surface area contributed by atoms with Crippen LogP contribution in [-0.2, 0) is 149 Å². The summed E-state index contributed by atoms with van der Waals surface area (Å²) in [6.45, 7) is 1.82. The summed E-state index contributed by atoms with van der Waals surface area (Å²) in [7, 11) is -50.6. The van der Waals surface area contributed by atoms with Crippen molar-refractivity contribution < 1.29 is 200 Å². The van der Waals surface area contributed by atoms with Gasteiger partial charge in [0.1, 0.15) is 61.0 Å². The molecule has 554 valence electrons. The van der Waals surface area contributed by atoms with Crippen molar-refractivity contribution in [3.63, 3.8) is 0 Å². The highest BCUT2D eigenvalue weighted by Gasteiger charge is 2.49. The standard InChI is InChI=1S/C18H36N3O22P5.C18H36N3O21P5/c1-10-15(17(23)13(39-10)8-38-47(30,31)43-48(32,33)42-45(26,27)35-4)21-7-12(19-20-21)5-6-36-46(28,29)41-18-14(40-11(2)16(18)22)9-37-44(24,25)34-3;1-11-7-14(15(38-11)9-37-46(29,30)42-47(31,32)41-44(25,26)34-4)21-8-13(19-20-21)5-6-35-45(27,28)40-18-16(39-12(2)17(18)22)10-36-43(23,24)33-3/h7,10-11,13-18,22-23H,5-6,8-9H2,1-4H3,(H,24,25)(H,26,27)(H,28,29)(H,30,31)(H,32,33);8,11-12,14-18,22H,5-7,9-10H2,1-4H3,(H,23,24)(H,25,26)(H,27,28)(H,29,30)(H,31,32)/p-8/t10-,11-,13+,14+,15+,16?,17?,18-;11-,12-,14?,15+,16+,17?,18-/m00/s1. The van der Waals surface area contributed by atoms with Gasteiger partial charge in [0.05, 0.1) is 81.5 Å². The van der Waals surface area contributed by atoms with Gasteiger partial charge in [0.2, 0.25) is 0 Å². The minimum atomic E-state index is -6.02. The van der Waals surface area contributed by atoms with Crippen LogP contribution in [0.3, 0.4) is 0 Å². The second-order valence-corrected chi connectivity index (χ2v) is 34.9. The highest BCUT2D eigenvalue weighted by Crippen LogP contribution is 2.64. The minimum absolute atomic E-state index is 0.106. The molecule has 59 heteroatoms. The summed E-state index contributed by atoms with van der Waals surface area (Å²) in [5, 5.41) is 46.9. The predicted molar refractivity (Wildman–Crippen MR) is 284 cm³/mol. The molecule has 0 radical (unpaired) electrons. The van der Waals surface area contributed by atoms with Crippen LogP contribution in [0.5, 0.6) is 0 Å². The van der Waals surface area contributed by atoms with Gasteiger partial charge in [0.25, 0.3) is 62.6 Å². The summed E-state index contributed by atoms with van der Waals surface area (Å²) in [5.74, 6) is 0. The summed E-state index contributed by atoms with van der Waals surface area (Å²) < 4.78 is 210. The molecule has 2 aromatic heterocycles. The van der Waals surface area contributed by atoms with Crippen molar-refractivity contribution in [2.24, 2.45) is 0 Å². The Hall–Kier alpha value is -0.740. The Bertz CT molecular complexity index is 3350. The lowest BCUT2D eigenvalue weighted by Gasteiger charge is -2.34. The molecule has 25 atom stereocenters. The molecular weight excluding hydrogens is 1510 g/mol. The Morgan fingerprint density at radius 2 is 0.800 bits per heavy atom. The number of aliphatic hydroxyl groups excluding tert-OH is 3. The number of aliphatic hydroxyl groups is 3. The SMILES string of the molecule is COP(=O)([O-])OC[C@H]1O[C@@H](C)C(O)[C@H]1OP(=O)(O)OCCc1cn(C2C[C@H](C)O[C@@H]2COP(=O)([O-])OP(=O)([O-])OP(=O)([O-])OC)nn1.COP(=O)([O-])OC[C@H]1O[C@@H](C)C(O)[C@H]1OP(=O)(O)OCCc1cn([C@H]2C(O)[C@@H](COP(=O)([O-])OP(=O)([O-])OP(=O)([O-])OC)O[C@H]2C)nn1. The average Bonchev–Trinajstić information content (AvgIpc) is 1.70. The molecule has 6 heterocycles. The molecule has 4 fully saturated rings. The van der Waals surface area contributed by atoms with Crippen LogP contribution in [0.15, 0.2) is 12.4 Å². The van der Waals surface area contributed by atoms with E-state index >= 15 is 0 Å². The van der Waals surface area contributed by atoms with Gasteiger partial charge in [-0.25, -0.2) is 35.7 Å². The lowest BCUT2D eigenvalue weighted by Crippen LogP contribution is -2.36. The monoisotopic (exact) mass is 1580 g/mol. The number of nitrogens with zero attached hydrogens (tertiary/aromatic N) is 6. The zero-order valence-corrected chi connectivity index (χ0v) is 59.0. The third kappa shape index (κ3) is 27.1. The van der Waals surface area contributed by atoms with E-state index in [0.29, 0.717) is 14.2 Å². The van der Waals surface area contributed by atoms with E-state index in [1.165, 1.54) is 37.8 Å². The maximum absolute atomic E-state index is 12.6. The van der Waals surface area contributed by atoms with E-state index in [0.717, 1.165) is 18.9 Å². The van der Waals surface area contributed by atoms with E-state index < -0.39 is 209 Å². The van der Waals surface area contributed by atoms with Crippen LogP contribution in [0.4, 0.5) is 0 Å². The first-order valence-electron chi connectivity index (χ1n) is 26.5. The molecule has 95 heavy (non-hydrogen) atoms. The van der Waals surface area contributed by atoms with Crippen molar-refractivity contribution in [1.29, 1.82) is 0 Å². The number of hydrogen-bond acceptors (Lipinski definition) is 45. The molecule has 0 amide bonds. The molecule has 0 bridgehead atoms. The van der Waals surface area contributed by atoms with Crippen molar-refractivity contribution in [3.05, 3.63) is 23.8 Å². The lowest BCUT2D eigenvalue weighted by atomic mass is 10.1.